The van der Waals surface area contributed by atoms with Crippen molar-refractivity contribution in [2.75, 3.05) is 19.6 Å². The van der Waals surface area contributed by atoms with Crippen LogP contribution in [0.4, 0.5) is 0 Å². The zero-order valence-electron chi connectivity index (χ0n) is 13.0. The molecule has 0 saturated carbocycles. The van der Waals surface area contributed by atoms with Crippen molar-refractivity contribution in [3.05, 3.63) is 35.9 Å². The summed E-state index contributed by atoms with van der Waals surface area (Å²) in [5, 5.41) is 0. The molecular weight excluding hydrogens is 284 g/mol. The highest BCUT2D eigenvalue weighted by Crippen LogP contribution is 2.17. The Kier molecular flexibility index (Phi) is 5.79. The van der Waals surface area contributed by atoms with Crippen LogP contribution in [0.2, 0.25) is 0 Å². The van der Waals surface area contributed by atoms with Crippen LogP contribution < -0.4 is 4.72 Å². The Hall–Kier alpha value is -0.910. The van der Waals surface area contributed by atoms with E-state index in [1.54, 1.807) is 0 Å². The van der Waals surface area contributed by atoms with Crippen molar-refractivity contribution in [1.29, 1.82) is 0 Å². The number of likely N-dealkylation sites (tertiary alicyclic amines) is 1. The molecule has 1 fully saturated rings. The van der Waals surface area contributed by atoms with Crippen LogP contribution in [-0.2, 0) is 15.8 Å². The molecule has 4 nitrogen and oxygen atoms in total. The number of nitrogens with one attached hydrogen (secondary N) is 1. The Balaban J connectivity index is 1.81. The average Bonchev–Trinajstić information content (AvgIpc) is 2.46. The first-order valence-corrected chi connectivity index (χ1v) is 9.37. The van der Waals surface area contributed by atoms with E-state index in [0.717, 1.165) is 24.6 Å². The van der Waals surface area contributed by atoms with Gasteiger partial charge in [0.2, 0.25) is 10.0 Å². The molecule has 1 atom stereocenters. The predicted molar refractivity (Wildman–Crippen MR) is 86.5 cm³/mol. The smallest absolute Gasteiger partial charge is 0.215 e. The highest BCUT2D eigenvalue weighted by molar-refractivity contribution is 7.88. The van der Waals surface area contributed by atoms with E-state index >= 15 is 0 Å². The van der Waals surface area contributed by atoms with Crippen LogP contribution >= 0.6 is 0 Å². The molecule has 1 aliphatic heterocycles. The average molecular weight is 310 g/mol. The highest BCUT2D eigenvalue weighted by Gasteiger charge is 2.21. The third-order valence-electron chi connectivity index (χ3n) is 4.24. The third kappa shape index (κ3) is 5.41. The van der Waals surface area contributed by atoms with Crippen LogP contribution in [-0.4, -0.2) is 39.0 Å². The molecule has 1 saturated heterocycles. The maximum Gasteiger partial charge on any atom is 0.215 e. The van der Waals surface area contributed by atoms with E-state index in [2.05, 4.69) is 23.5 Å². The van der Waals surface area contributed by atoms with Crippen molar-refractivity contribution in [3.63, 3.8) is 0 Å². The molecule has 1 heterocycles. The topological polar surface area (TPSA) is 49.4 Å². The van der Waals surface area contributed by atoms with E-state index < -0.39 is 10.0 Å². The lowest BCUT2D eigenvalue weighted by Gasteiger charge is -2.34. The molecule has 1 aromatic carbocycles. The summed E-state index contributed by atoms with van der Waals surface area (Å²) < 4.78 is 27.0. The van der Waals surface area contributed by atoms with Gasteiger partial charge in [-0.05, 0) is 44.3 Å². The molecule has 1 aliphatic rings. The molecule has 5 heteroatoms. The summed E-state index contributed by atoms with van der Waals surface area (Å²) in [6.45, 7) is 7.01. The van der Waals surface area contributed by atoms with Crippen molar-refractivity contribution < 1.29 is 8.42 Å². The second-order valence-corrected chi connectivity index (χ2v) is 7.97. The van der Waals surface area contributed by atoms with Gasteiger partial charge in [-0.2, -0.15) is 0 Å². The van der Waals surface area contributed by atoms with Crippen molar-refractivity contribution in [3.8, 4) is 0 Å². The van der Waals surface area contributed by atoms with Gasteiger partial charge in [-0.25, -0.2) is 13.1 Å². The summed E-state index contributed by atoms with van der Waals surface area (Å²) in [5.74, 6) is 0.848. The predicted octanol–water partition coefficient (Wildman–Crippen LogP) is 2.23. The summed E-state index contributed by atoms with van der Waals surface area (Å²) in [6.07, 6.45) is 2.42. The second kappa shape index (κ2) is 7.38. The Bertz CT molecular complexity index is 522. The first kappa shape index (κ1) is 16.5. The highest BCUT2D eigenvalue weighted by atomic mass is 32.2. The van der Waals surface area contributed by atoms with Crippen LogP contribution in [0, 0.1) is 5.92 Å². The molecule has 0 aromatic heterocycles. The van der Waals surface area contributed by atoms with Gasteiger partial charge < -0.3 is 0 Å². The fraction of sp³-hybridized carbons (Fsp3) is 0.625. The second-order valence-electron chi connectivity index (χ2n) is 6.16. The summed E-state index contributed by atoms with van der Waals surface area (Å²) in [6, 6.07) is 9.56. The van der Waals surface area contributed by atoms with E-state index in [0.29, 0.717) is 6.54 Å². The van der Waals surface area contributed by atoms with Crippen molar-refractivity contribution in [2.45, 2.75) is 38.5 Å². The SMILES string of the molecule is CC1CCN(C(C)CNS(=O)(=O)Cc2ccccc2)CC1. The van der Waals surface area contributed by atoms with Gasteiger partial charge in [-0.3, -0.25) is 4.90 Å². The van der Waals surface area contributed by atoms with Crippen molar-refractivity contribution in [2.24, 2.45) is 5.92 Å². The summed E-state index contributed by atoms with van der Waals surface area (Å²) in [4.78, 5) is 2.38. The summed E-state index contributed by atoms with van der Waals surface area (Å²) in [7, 11) is -3.26. The quantitative estimate of drug-likeness (QED) is 0.876. The molecule has 0 aliphatic carbocycles. The minimum Gasteiger partial charge on any atom is -0.299 e. The van der Waals surface area contributed by atoms with Gasteiger partial charge in [-0.15, -0.1) is 0 Å². The number of rotatable bonds is 6. The summed E-state index contributed by atoms with van der Waals surface area (Å²) >= 11 is 0. The Morgan fingerprint density at radius 3 is 2.48 bits per heavy atom. The maximum atomic E-state index is 12.1. The van der Waals surface area contributed by atoms with Crippen LogP contribution in [0.5, 0.6) is 0 Å². The van der Waals surface area contributed by atoms with E-state index in [1.165, 1.54) is 12.8 Å². The molecular formula is C16H26N2O2S. The van der Waals surface area contributed by atoms with Gasteiger partial charge in [-0.1, -0.05) is 37.3 Å². The molecule has 0 spiro atoms. The normalized spacial score (nSPS) is 19.5. The lowest BCUT2D eigenvalue weighted by Crippen LogP contribution is -2.45. The molecule has 1 aromatic rings. The fourth-order valence-corrected chi connectivity index (χ4v) is 3.92. The summed E-state index contributed by atoms with van der Waals surface area (Å²) in [5.41, 5.74) is 0.824. The Morgan fingerprint density at radius 1 is 1.24 bits per heavy atom. The van der Waals surface area contributed by atoms with Gasteiger partial charge in [0.1, 0.15) is 0 Å². The van der Waals surface area contributed by atoms with Gasteiger partial charge in [0.25, 0.3) is 0 Å². The first-order chi connectivity index (χ1) is 9.96. The minimum atomic E-state index is -3.26. The van der Waals surface area contributed by atoms with Crippen molar-refractivity contribution >= 4 is 10.0 Å². The van der Waals surface area contributed by atoms with Crippen LogP contribution in [0.15, 0.2) is 30.3 Å². The van der Waals surface area contributed by atoms with Gasteiger partial charge in [0.15, 0.2) is 0 Å². The zero-order valence-corrected chi connectivity index (χ0v) is 13.8. The maximum absolute atomic E-state index is 12.1. The molecule has 1 unspecified atom stereocenters. The Labute approximate surface area is 128 Å². The van der Waals surface area contributed by atoms with Crippen LogP contribution in [0.1, 0.15) is 32.3 Å². The number of hydrogen-bond acceptors (Lipinski definition) is 3. The molecule has 0 amide bonds. The van der Waals surface area contributed by atoms with Crippen LogP contribution in [0.3, 0.4) is 0 Å². The van der Waals surface area contributed by atoms with E-state index in [4.69, 9.17) is 0 Å². The lowest BCUT2D eigenvalue weighted by molar-refractivity contribution is 0.148. The third-order valence-corrected chi connectivity index (χ3v) is 5.56. The molecule has 21 heavy (non-hydrogen) atoms. The fourth-order valence-electron chi connectivity index (χ4n) is 2.69. The van der Waals surface area contributed by atoms with Gasteiger partial charge in [0, 0.05) is 12.6 Å². The van der Waals surface area contributed by atoms with Crippen molar-refractivity contribution in [1.82, 2.24) is 9.62 Å². The lowest BCUT2D eigenvalue weighted by atomic mass is 9.98. The molecule has 118 valence electrons. The van der Waals surface area contributed by atoms with E-state index in [1.807, 2.05) is 30.3 Å². The number of hydrogen-bond donors (Lipinski definition) is 1. The van der Waals surface area contributed by atoms with Crippen LogP contribution in [0.25, 0.3) is 0 Å². The number of sulfonamides is 1. The number of benzene rings is 1. The standard InChI is InChI=1S/C16H26N2O2S/c1-14-8-10-18(11-9-14)15(2)12-17-21(19,20)13-16-6-4-3-5-7-16/h3-7,14-15,17H,8-13H2,1-2H3. The van der Waals surface area contributed by atoms with Gasteiger partial charge >= 0.3 is 0 Å². The zero-order chi connectivity index (χ0) is 15.3. The first-order valence-electron chi connectivity index (χ1n) is 7.71. The largest absolute Gasteiger partial charge is 0.299 e. The Morgan fingerprint density at radius 2 is 1.86 bits per heavy atom. The molecule has 2 rings (SSSR count). The molecule has 1 N–H and O–H groups in total. The van der Waals surface area contributed by atoms with E-state index in [9.17, 15) is 8.42 Å². The molecule has 0 bridgehead atoms. The number of piperidine rings is 1. The number of nitrogens with zero attached hydrogens (tertiary/aromatic N) is 1. The van der Waals surface area contributed by atoms with Gasteiger partial charge in [0.05, 0.1) is 5.75 Å². The van der Waals surface area contributed by atoms with E-state index in [-0.39, 0.29) is 11.8 Å². The minimum absolute atomic E-state index is 0.0532. The molecule has 0 radical (unpaired) electrons. The monoisotopic (exact) mass is 310 g/mol.